The smallest absolute Gasteiger partial charge is 0.303 e. The minimum atomic E-state index is -0.732. The van der Waals surface area contributed by atoms with Crippen LogP contribution in [0.25, 0.3) is 0 Å². The summed E-state index contributed by atoms with van der Waals surface area (Å²) in [6.07, 6.45) is 2.64. The molecule has 0 amide bonds. The van der Waals surface area contributed by atoms with Crippen LogP contribution < -0.4 is 4.74 Å². The summed E-state index contributed by atoms with van der Waals surface area (Å²) >= 11 is 3.63. The maximum atomic E-state index is 10.5. The lowest BCUT2D eigenvalue weighted by Gasteiger charge is -2.18. The first kappa shape index (κ1) is 16.0. The van der Waals surface area contributed by atoms with Gasteiger partial charge in [-0.05, 0) is 62.3 Å². The number of carboxylic acids is 1. The lowest BCUT2D eigenvalue weighted by Crippen LogP contribution is -2.03. The Bertz CT molecular complexity index is 481. The summed E-state index contributed by atoms with van der Waals surface area (Å²) < 4.78 is 6.66. The molecule has 0 heterocycles. The molecule has 0 fully saturated rings. The number of unbranched alkanes of at least 4 members (excludes halogenated alkanes) is 1. The van der Waals surface area contributed by atoms with Gasteiger partial charge in [0.15, 0.2) is 0 Å². The predicted octanol–water partition coefficient (Wildman–Crippen LogP) is 4.18. The molecule has 0 saturated heterocycles. The highest BCUT2D eigenvalue weighted by Crippen LogP contribution is 2.36. The molecule has 0 aromatic heterocycles. The second kappa shape index (κ2) is 6.94. The van der Waals surface area contributed by atoms with Crippen molar-refractivity contribution in [1.82, 2.24) is 0 Å². The van der Waals surface area contributed by atoms with Crippen molar-refractivity contribution in [2.24, 2.45) is 0 Å². The fraction of sp³-hybridized carbons (Fsp3) is 0.533. The van der Waals surface area contributed by atoms with Crippen molar-refractivity contribution in [3.05, 3.63) is 26.7 Å². The Morgan fingerprint density at radius 1 is 1.16 bits per heavy atom. The minimum absolute atomic E-state index is 0.230. The van der Waals surface area contributed by atoms with Gasteiger partial charge in [-0.1, -0.05) is 15.9 Å². The van der Waals surface area contributed by atoms with Crippen LogP contribution in [-0.2, 0) is 11.2 Å². The molecule has 106 valence electrons. The summed E-state index contributed by atoms with van der Waals surface area (Å²) in [6.45, 7) is 6.20. The Morgan fingerprint density at radius 3 is 2.32 bits per heavy atom. The molecule has 0 atom stereocenters. The summed E-state index contributed by atoms with van der Waals surface area (Å²) in [5.74, 6) is 0.207. The van der Waals surface area contributed by atoms with Gasteiger partial charge in [-0.3, -0.25) is 4.79 Å². The highest BCUT2D eigenvalue weighted by molar-refractivity contribution is 9.10. The summed E-state index contributed by atoms with van der Waals surface area (Å²) in [4.78, 5) is 10.5. The second-order valence-electron chi connectivity index (χ2n) is 4.80. The Morgan fingerprint density at radius 2 is 1.79 bits per heavy atom. The van der Waals surface area contributed by atoms with Crippen molar-refractivity contribution in [1.29, 1.82) is 0 Å². The molecule has 1 aromatic rings. The second-order valence-corrected chi connectivity index (χ2v) is 5.59. The molecule has 4 heteroatoms. The third-order valence-corrected chi connectivity index (χ3v) is 4.75. The van der Waals surface area contributed by atoms with Gasteiger partial charge in [-0.2, -0.15) is 0 Å². The van der Waals surface area contributed by atoms with Gasteiger partial charge in [-0.15, -0.1) is 0 Å². The number of halogens is 1. The van der Waals surface area contributed by atoms with E-state index in [1.165, 1.54) is 16.7 Å². The molecule has 19 heavy (non-hydrogen) atoms. The quantitative estimate of drug-likeness (QED) is 0.797. The zero-order valence-corrected chi connectivity index (χ0v) is 13.6. The van der Waals surface area contributed by atoms with Crippen molar-refractivity contribution in [3.8, 4) is 5.75 Å². The molecule has 0 aliphatic carbocycles. The molecule has 0 saturated carbocycles. The zero-order valence-electron chi connectivity index (χ0n) is 12.0. The number of carboxylic acid groups (broad SMARTS) is 1. The van der Waals surface area contributed by atoms with Gasteiger partial charge in [0, 0.05) is 10.9 Å². The number of methoxy groups -OCH3 is 1. The molecule has 0 aliphatic rings. The van der Waals surface area contributed by atoms with E-state index in [0.717, 1.165) is 28.6 Å². The Balaban J connectivity index is 2.96. The highest BCUT2D eigenvalue weighted by atomic mass is 79.9. The maximum absolute atomic E-state index is 10.5. The number of rotatable bonds is 6. The fourth-order valence-corrected chi connectivity index (χ4v) is 2.84. The predicted molar refractivity (Wildman–Crippen MR) is 80.1 cm³/mol. The SMILES string of the molecule is COc1c(C)c(C)c(Br)c(C)c1CCCCC(=O)O. The van der Waals surface area contributed by atoms with Gasteiger partial charge in [0.05, 0.1) is 7.11 Å². The highest BCUT2D eigenvalue weighted by Gasteiger charge is 2.16. The zero-order chi connectivity index (χ0) is 14.6. The monoisotopic (exact) mass is 328 g/mol. The lowest BCUT2D eigenvalue weighted by atomic mass is 9.95. The molecule has 0 aliphatic heterocycles. The normalized spacial score (nSPS) is 10.6. The molecule has 1 rings (SSSR count). The fourth-order valence-electron chi connectivity index (χ4n) is 2.30. The minimum Gasteiger partial charge on any atom is -0.496 e. The summed E-state index contributed by atoms with van der Waals surface area (Å²) in [5.41, 5.74) is 4.72. The molecule has 0 unspecified atom stereocenters. The van der Waals surface area contributed by atoms with Crippen molar-refractivity contribution < 1.29 is 14.6 Å². The van der Waals surface area contributed by atoms with E-state index < -0.39 is 5.97 Å². The van der Waals surface area contributed by atoms with Crippen LogP contribution in [0.5, 0.6) is 5.75 Å². The molecular weight excluding hydrogens is 308 g/mol. The van der Waals surface area contributed by atoms with Gasteiger partial charge < -0.3 is 9.84 Å². The van der Waals surface area contributed by atoms with Crippen LogP contribution in [0, 0.1) is 20.8 Å². The van der Waals surface area contributed by atoms with E-state index in [1.807, 2.05) is 0 Å². The van der Waals surface area contributed by atoms with Crippen molar-refractivity contribution in [3.63, 3.8) is 0 Å². The lowest BCUT2D eigenvalue weighted by molar-refractivity contribution is -0.137. The molecule has 1 N–H and O–H groups in total. The van der Waals surface area contributed by atoms with Gasteiger partial charge in [0.2, 0.25) is 0 Å². The van der Waals surface area contributed by atoms with E-state index in [4.69, 9.17) is 9.84 Å². The molecular formula is C15H21BrO3. The number of ether oxygens (including phenoxy) is 1. The van der Waals surface area contributed by atoms with Crippen molar-refractivity contribution in [2.45, 2.75) is 46.5 Å². The Hall–Kier alpha value is -1.03. The van der Waals surface area contributed by atoms with Crippen molar-refractivity contribution in [2.75, 3.05) is 7.11 Å². The summed E-state index contributed by atoms with van der Waals surface area (Å²) in [6, 6.07) is 0. The largest absolute Gasteiger partial charge is 0.496 e. The summed E-state index contributed by atoms with van der Waals surface area (Å²) in [5, 5.41) is 8.66. The summed E-state index contributed by atoms with van der Waals surface area (Å²) in [7, 11) is 1.69. The van der Waals surface area contributed by atoms with E-state index in [2.05, 4.69) is 36.7 Å². The number of benzene rings is 1. The Labute approximate surface area is 123 Å². The van der Waals surface area contributed by atoms with Gasteiger partial charge >= 0.3 is 5.97 Å². The van der Waals surface area contributed by atoms with E-state index in [9.17, 15) is 4.79 Å². The molecule has 0 radical (unpaired) electrons. The number of carbonyl (C=O) groups is 1. The van der Waals surface area contributed by atoms with Gasteiger partial charge in [-0.25, -0.2) is 0 Å². The maximum Gasteiger partial charge on any atom is 0.303 e. The third kappa shape index (κ3) is 3.72. The van der Waals surface area contributed by atoms with Crippen LogP contribution >= 0.6 is 15.9 Å². The number of hydrogen-bond acceptors (Lipinski definition) is 2. The average molecular weight is 329 g/mol. The first-order valence-corrected chi connectivity index (χ1v) is 7.23. The van der Waals surface area contributed by atoms with Crippen LogP contribution in [-0.4, -0.2) is 18.2 Å². The van der Waals surface area contributed by atoms with E-state index in [-0.39, 0.29) is 6.42 Å². The average Bonchev–Trinajstić information content (AvgIpc) is 2.37. The van der Waals surface area contributed by atoms with Crippen LogP contribution in [0.4, 0.5) is 0 Å². The third-order valence-electron chi connectivity index (χ3n) is 3.56. The van der Waals surface area contributed by atoms with Crippen molar-refractivity contribution >= 4 is 21.9 Å². The van der Waals surface area contributed by atoms with E-state index in [1.54, 1.807) is 7.11 Å². The van der Waals surface area contributed by atoms with Crippen LogP contribution in [0.1, 0.15) is 41.5 Å². The van der Waals surface area contributed by atoms with Gasteiger partial charge in [0.1, 0.15) is 5.75 Å². The van der Waals surface area contributed by atoms with Crippen LogP contribution in [0.2, 0.25) is 0 Å². The van der Waals surface area contributed by atoms with Crippen LogP contribution in [0.3, 0.4) is 0 Å². The Kier molecular flexibility index (Phi) is 5.85. The van der Waals surface area contributed by atoms with E-state index in [0.29, 0.717) is 6.42 Å². The molecule has 1 aromatic carbocycles. The number of hydrogen-bond donors (Lipinski definition) is 1. The molecule has 0 bridgehead atoms. The first-order chi connectivity index (χ1) is 8.90. The van der Waals surface area contributed by atoms with Crippen LogP contribution in [0.15, 0.2) is 4.47 Å². The standard InChI is InChI=1S/C15H21BrO3/c1-9-10(2)15(19-4)12(11(3)14(9)16)7-5-6-8-13(17)18/h5-8H2,1-4H3,(H,17,18). The number of aliphatic carboxylic acids is 1. The van der Waals surface area contributed by atoms with E-state index >= 15 is 0 Å². The van der Waals surface area contributed by atoms with Gasteiger partial charge in [0.25, 0.3) is 0 Å². The molecule has 0 spiro atoms. The topological polar surface area (TPSA) is 46.5 Å². The first-order valence-electron chi connectivity index (χ1n) is 6.44. The molecule has 3 nitrogen and oxygen atoms in total.